The molecule has 0 radical (unpaired) electrons. The van der Waals surface area contributed by atoms with Crippen molar-refractivity contribution < 1.29 is 24.2 Å². The van der Waals surface area contributed by atoms with Gasteiger partial charge in [0.25, 0.3) is 0 Å². The number of esters is 1. The summed E-state index contributed by atoms with van der Waals surface area (Å²) < 4.78 is 5.06. The number of anilines is 1. The van der Waals surface area contributed by atoms with E-state index >= 15 is 0 Å². The van der Waals surface area contributed by atoms with Gasteiger partial charge in [-0.15, -0.1) is 11.3 Å². The highest BCUT2D eigenvalue weighted by Crippen LogP contribution is 2.36. The first kappa shape index (κ1) is 19.5. The molecule has 1 aromatic rings. The minimum atomic E-state index is -1.04. The Morgan fingerprint density at radius 1 is 1.36 bits per heavy atom. The summed E-state index contributed by atoms with van der Waals surface area (Å²) in [6, 6.07) is 0. The predicted molar refractivity (Wildman–Crippen MR) is 96.2 cm³/mol. The number of carbonyl (C=O) groups is 3. The highest BCUT2D eigenvalue weighted by molar-refractivity contribution is 7.16. The van der Waals surface area contributed by atoms with E-state index in [0.29, 0.717) is 15.6 Å². The molecule has 0 aliphatic heterocycles. The Labute approximate surface area is 154 Å². The van der Waals surface area contributed by atoms with Crippen LogP contribution in [-0.2, 0) is 14.3 Å². The highest BCUT2D eigenvalue weighted by atomic mass is 35.5. The molecule has 6 nitrogen and oxygen atoms in total. The fourth-order valence-corrected chi connectivity index (χ4v) is 4.08. The maximum atomic E-state index is 12.7. The van der Waals surface area contributed by atoms with Crippen molar-refractivity contribution in [3.8, 4) is 0 Å². The second kappa shape index (κ2) is 8.01. The number of allylic oxidation sites excluding steroid dienone is 2. The quantitative estimate of drug-likeness (QED) is 0.753. The van der Waals surface area contributed by atoms with Gasteiger partial charge in [0.15, 0.2) is 0 Å². The lowest BCUT2D eigenvalue weighted by Gasteiger charge is -2.25. The van der Waals surface area contributed by atoms with Crippen LogP contribution in [0.3, 0.4) is 0 Å². The summed E-state index contributed by atoms with van der Waals surface area (Å²) in [5.41, 5.74) is 1.07. The van der Waals surface area contributed by atoms with Crippen LogP contribution in [0, 0.1) is 25.7 Å². The van der Waals surface area contributed by atoms with Gasteiger partial charge in [-0.05, 0) is 39.2 Å². The molecule has 0 fully saturated rings. The van der Waals surface area contributed by atoms with Crippen molar-refractivity contribution in [1.29, 1.82) is 0 Å². The SMILES string of the molecule is CCOC(=O)c1c(NC(=O)[C@H]2CC(Cl)=CC[C@H]2C(=O)O)sc(C)c1C. The Bertz CT molecular complexity index is 740. The molecule has 0 spiro atoms. The molecule has 2 atom stereocenters. The van der Waals surface area contributed by atoms with Gasteiger partial charge in [-0.1, -0.05) is 17.7 Å². The van der Waals surface area contributed by atoms with Crippen LogP contribution >= 0.6 is 22.9 Å². The topological polar surface area (TPSA) is 92.7 Å². The lowest BCUT2D eigenvalue weighted by Crippen LogP contribution is -2.35. The average molecular weight is 386 g/mol. The van der Waals surface area contributed by atoms with Gasteiger partial charge in [0.1, 0.15) is 5.00 Å². The zero-order valence-electron chi connectivity index (χ0n) is 14.2. The molecular weight excluding hydrogens is 366 g/mol. The van der Waals surface area contributed by atoms with E-state index in [0.717, 1.165) is 10.4 Å². The number of ether oxygens (including phenoxy) is 1. The fourth-order valence-electron chi connectivity index (χ4n) is 2.77. The molecular formula is C17H20ClNO5S. The number of carboxylic acid groups (broad SMARTS) is 1. The van der Waals surface area contributed by atoms with Gasteiger partial charge in [-0.3, -0.25) is 9.59 Å². The zero-order valence-corrected chi connectivity index (χ0v) is 15.8. The molecule has 8 heteroatoms. The van der Waals surface area contributed by atoms with E-state index in [9.17, 15) is 19.5 Å². The van der Waals surface area contributed by atoms with Crippen LogP contribution in [0.25, 0.3) is 0 Å². The molecule has 1 aromatic heterocycles. The number of carboxylic acids is 1. The van der Waals surface area contributed by atoms with Crippen LogP contribution in [0.5, 0.6) is 0 Å². The van der Waals surface area contributed by atoms with Gasteiger partial charge in [-0.25, -0.2) is 4.79 Å². The Morgan fingerprint density at radius 3 is 2.64 bits per heavy atom. The summed E-state index contributed by atoms with van der Waals surface area (Å²) >= 11 is 7.27. The number of aryl methyl sites for hydroxylation is 1. The number of carbonyl (C=O) groups excluding carboxylic acids is 2. The van der Waals surface area contributed by atoms with Crippen molar-refractivity contribution in [3.05, 3.63) is 27.1 Å². The summed E-state index contributed by atoms with van der Waals surface area (Å²) in [5, 5.41) is 12.9. The van der Waals surface area contributed by atoms with Gasteiger partial charge in [-0.2, -0.15) is 0 Å². The molecule has 136 valence electrons. The third-order valence-corrected chi connectivity index (χ3v) is 5.68. The van der Waals surface area contributed by atoms with Gasteiger partial charge >= 0.3 is 11.9 Å². The summed E-state index contributed by atoms with van der Waals surface area (Å²) in [6.45, 7) is 5.57. The monoisotopic (exact) mass is 385 g/mol. The van der Waals surface area contributed by atoms with Gasteiger partial charge in [0.2, 0.25) is 5.91 Å². The van der Waals surface area contributed by atoms with Crippen LogP contribution in [0.15, 0.2) is 11.1 Å². The minimum Gasteiger partial charge on any atom is -0.481 e. The number of nitrogens with one attached hydrogen (secondary N) is 1. The predicted octanol–water partition coefficient (Wildman–Crippen LogP) is 3.71. The van der Waals surface area contributed by atoms with Crippen LogP contribution < -0.4 is 5.32 Å². The number of rotatable bonds is 5. The minimum absolute atomic E-state index is 0.169. The molecule has 0 saturated heterocycles. The largest absolute Gasteiger partial charge is 0.481 e. The van der Waals surface area contributed by atoms with Gasteiger partial charge < -0.3 is 15.2 Å². The Kier molecular flexibility index (Phi) is 6.24. The van der Waals surface area contributed by atoms with E-state index in [1.54, 1.807) is 19.9 Å². The van der Waals surface area contributed by atoms with Crippen LogP contribution in [0.2, 0.25) is 0 Å². The maximum absolute atomic E-state index is 12.7. The van der Waals surface area contributed by atoms with E-state index in [4.69, 9.17) is 16.3 Å². The first-order valence-corrected chi connectivity index (χ1v) is 9.11. The molecule has 0 bridgehead atoms. The summed E-state index contributed by atoms with van der Waals surface area (Å²) in [7, 11) is 0. The maximum Gasteiger partial charge on any atom is 0.341 e. The smallest absolute Gasteiger partial charge is 0.341 e. The molecule has 0 aromatic carbocycles. The van der Waals surface area contributed by atoms with E-state index in [1.807, 2.05) is 6.92 Å². The average Bonchev–Trinajstić information content (AvgIpc) is 2.81. The number of halogens is 1. The first-order chi connectivity index (χ1) is 11.8. The van der Waals surface area contributed by atoms with Crippen molar-refractivity contribution >= 4 is 45.8 Å². The summed E-state index contributed by atoms with van der Waals surface area (Å²) in [5.74, 6) is -3.62. The van der Waals surface area contributed by atoms with E-state index in [2.05, 4.69) is 5.32 Å². The lowest BCUT2D eigenvalue weighted by molar-refractivity contribution is -0.146. The van der Waals surface area contributed by atoms with E-state index in [1.165, 1.54) is 11.3 Å². The van der Waals surface area contributed by atoms with Crippen LogP contribution in [0.4, 0.5) is 5.00 Å². The van der Waals surface area contributed by atoms with Crippen LogP contribution in [0.1, 0.15) is 40.6 Å². The molecule has 2 N–H and O–H groups in total. The Morgan fingerprint density at radius 2 is 2.04 bits per heavy atom. The van der Waals surface area contributed by atoms with Gasteiger partial charge in [0, 0.05) is 9.91 Å². The Balaban J connectivity index is 2.28. The molecule has 0 unspecified atom stereocenters. The first-order valence-electron chi connectivity index (χ1n) is 7.91. The van der Waals surface area contributed by atoms with Crippen molar-refractivity contribution in [1.82, 2.24) is 0 Å². The second-order valence-corrected chi connectivity index (χ2v) is 7.55. The molecule has 2 rings (SSSR count). The van der Waals surface area contributed by atoms with Crippen molar-refractivity contribution in [2.24, 2.45) is 11.8 Å². The van der Waals surface area contributed by atoms with E-state index < -0.39 is 29.7 Å². The number of aliphatic carboxylic acids is 1. The number of amides is 1. The third kappa shape index (κ3) is 4.22. The second-order valence-electron chi connectivity index (χ2n) is 5.84. The van der Waals surface area contributed by atoms with Crippen LogP contribution in [-0.4, -0.2) is 29.6 Å². The normalized spacial score (nSPS) is 19.9. The Hall–Kier alpha value is -1.86. The molecule has 1 amide bonds. The zero-order chi connectivity index (χ0) is 18.7. The van der Waals surface area contributed by atoms with Crippen molar-refractivity contribution in [3.63, 3.8) is 0 Å². The summed E-state index contributed by atoms with van der Waals surface area (Å²) in [6.07, 6.45) is 2.01. The summed E-state index contributed by atoms with van der Waals surface area (Å²) in [4.78, 5) is 37.2. The standard InChI is InChI=1S/C17H20ClNO5S/c1-4-24-17(23)13-8(2)9(3)25-15(13)19-14(20)12-7-10(18)5-6-11(12)16(21)22/h5,11-12H,4,6-7H2,1-3H3,(H,19,20)(H,21,22)/t11-,12+/m1/s1. The number of hydrogen-bond donors (Lipinski definition) is 2. The number of thiophene rings is 1. The van der Waals surface area contributed by atoms with E-state index in [-0.39, 0.29) is 19.4 Å². The molecule has 1 aliphatic carbocycles. The molecule has 1 heterocycles. The third-order valence-electron chi connectivity index (χ3n) is 4.25. The number of hydrogen-bond acceptors (Lipinski definition) is 5. The lowest BCUT2D eigenvalue weighted by atomic mass is 9.82. The fraction of sp³-hybridized carbons (Fsp3) is 0.471. The molecule has 25 heavy (non-hydrogen) atoms. The molecule has 0 saturated carbocycles. The molecule has 1 aliphatic rings. The van der Waals surface area contributed by atoms with Crippen molar-refractivity contribution in [2.45, 2.75) is 33.6 Å². The highest BCUT2D eigenvalue weighted by Gasteiger charge is 2.37. The van der Waals surface area contributed by atoms with Gasteiger partial charge in [0.05, 0.1) is 24.0 Å². The van der Waals surface area contributed by atoms with Crippen molar-refractivity contribution in [2.75, 3.05) is 11.9 Å².